The Morgan fingerprint density at radius 3 is 2.67 bits per heavy atom. The molecule has 21 heavy (non-hydrogen) atoms. The Kier molecular flexibility index (Phi) is 5.27. The fraction of sp³-hybridized carbons (Fsp3) is 0.429. The molecule has 0 spiro atoms. The summed E-state index contributed by atoms with van der Waals surface area (Å²) in [6.07, 6.45) is 0.757. The van der Waals surface area contributed by atoms with E-state index in [1.54, 1.807) is 11.8 Å². The number of amides is 1. The monoisotopic (exact) mass is 375 g/mol. The number of halogens is 2. The van der Waals surface area contributed by atoms with E-state index >= 15 is 0 Å². The molecule has 4 nitrogen and oxygen atoms in total. The lowest BCUT2D eigenvalue weighted by Crippen LogP contribution is -2.56. The second-order valence-corrected chi connectivity index (χ2v) is 7.04. The summed E-state index contributed by atoms with van der Waals surface area (Å²) >= 11 is 4.94. The Morgan fingerprint density at radius 1 is 1.38 bits per heavy atom. The molecule has 0 saturated carbocycles. The van der Waals surface area contributed by atoms with Crippen molar-refractivity contribution >= 4 is 39.6 Å². The quantitative estimate of drug-likeness (QED) is 0.848. The molecule has 1 aliphatic rings. The summed E-state index contributed by atoms with van der Waals surface area (Å²) < 4.78 is 13.8. The summed E-state index contributed by atoms with van der Waals surface area (Å²) in [6, 6.07) is 4.10. The first-order valence-electron chi connectivity index (χ1n) is 6.49. The van der Waals surface area contributed by atoms with Crippen molar-refractivity contribution in [3.05, 3.63) is 34.1 Å². The Hall–Kier alpha value is -1.08. The van der Waals surface area contributed by atoms with Crippen LogP contribution in [-0.2, 0) is 16.0 Å². The van der Waals surface area contributed by atoms with Crippen LogP contribution in [0.5, 0.6) is 0 Å². The van der Waals surface area contributed by atoms with Gasteiger partial charge in [0.1, 0.15) is 11.4 Å². The molecule has 0 unspecified atom stereocenters. The van der Waals surface area contributed by atoms with E-state index in [9.17, 15) is 19.1 Å². The zero-order valence-electron chi connectivity index (χ0n) is 11.2. The van der Waals surface area contributed by atoms with Crippen LogP contribution >= 0.6 is 27.7 Å². The van der Waals surface area contributed by atoms with E-state index < -0.39 is 23.2 Å². The number of carbonyl (C=O) groups excluding carboxylic acids is 1. The predicted molar refractivity (Wildman–Crippen MR) is 82.9 cm³/mol. The molecule has 0 radical (unpaired) electrons. The van der Waals surface area contributed by atoms with Crippen molar-refractivity contribution in [3.63, 3.8) is 0 Å². The first-order valence-corrected chi connectivity index (χ1v) is 8.44. The zero-order valence-corrected chi connectivity index (χ0v) is 13.6. The summed E-state index contributed by atoms with van der Waals surface area (Å²) in [5.41, 5.74) is -0.694. The van der Waals surface area contributed by atoms with Crippen molar-refractivity contribution in [1.29, 1.82) is 0 Å². The largest absolute Gasteiger partial charge is 0.480 e. The molecule has 1 aromatic carbocycles. The summed E-state index contributed by atoms with van der Waals surface area (Å²) in [5.74, 6) is -0.431. The van der Waals surface area contributed by atoms with Gasteiger partial charge in [0.05, 0.1) is 6.42 Å². The number of aliphatic carboxylic acids is 1. The number of carboxylic acid groups (broad SMARTS) is 1. The molecule has 1 fully saturated rings. The fourth-order valence-corrected chi connectivity index (χ4v) is 3.85. The number of carbonyl (C=O) groups is 2. The Labute approximate surface area is 134 Å². The van der Waals surface area contributed by atoms with Crippen molar-refractivity contribution < 1.29 is 19.1 Å². The van der Waals surface area contributed by atoms with Gasteiger partial charge in [0.2, 0.25) is 5.91 Å². The lowest BCUT2D eigenvalue weighted by Gasteiger charge is -2.33. The van der Waals surface area contributed by atoms with Crippen LogP contribution in [0.25, 0.3) is 0 Å². The normalized spacial score (nSPS) is 17.2. The van der Waals surface area contributed by atoms with E-state index in [2.05, 4.69) is 21.2 Å². The molecule has 0 bridgehead atoms. The molecule has 7 heteroatoms. The number of rotatable bonds is 4. The van der Waals surface area contributed by atoms with Crippen LogP contribution in [0.2, 0.25) is 0 Å². The Morgan fingerprint density at radius 2 is 2.05 bits per heavy atom. The average molecular weight is 376 g/mol. The molecule has 1 aromatic rings. The molecule has 1 aliphatic heterocycles. The van der Waals surface area contributed by atoms with Crippen molar-refractivity contribution in [3.8, 4) is 0 Å². The highest BCUT2D eigenvalue weighted by atomic mass is 79.9. The standard InChI is InChI=1S/C14H15BrFNO3S/c15-11-2-1-10(16)7-9(11)8-12(18)17-14(13(19)20)3-5-21-6-4-14/h1-2,7H,3-6,8H2,(H,17,18)(H,19,20). The summed E-state index contributed by atoms with van der Waals surface area (Å²) in [4.78, 5) is 23.6. The molecule has 0 aromatic heterocycles. The van der Waals surface area contributed by atoms with Gasteiger partial charge in [0.15, 0.2) is 0 Å². The first-order chi connectivity index (χ1) is 9.93. The third kappa shape index (κ3) is 3.97. The zero-order chi connectivity index (χ0) is 15.5. The summed E-state index contributed by atoms with van der Waals surface area (Å²) in [6.45, 7) is 0. The van der Waals surface area contributed by atoms with Crippen LogP contribution in [-0.4, -0.2) is 34.0 Å². The van der Waals surface area contributed by atoms with E-state index in [1.807, 2.05) is 0 Å². The van der Waals surface area contributed by atoms with Crippen LogP contribution in [0.4, 0.5) is 4.39 Å². The maximum Gasteiger partial charge on any atom is 0.329 e. The number of benzene rings is 1. The van der Waals surface area contributed by atoms with Crippen LogP contribution in [0.1, 0.15) is 18.4 Å². The van der Waals surface area contributed by atoms with Crippen molar-refractivity contribution in [1.82, 2.24) is 5.32 Å². The molecule has 0 atom stereocenters. The highest BCUT2D eigenvalue weighted by Gasteiger charge is 2.41. The fourth-order valence-electron chi connectivity index (χ4n) is 2.28. The van der Waals surface area contributed by atoms with Gasteiger partial charge < -0.3 is 10.4 Å². The lowest BCUT2D eigenvalue weighted by atomic mass is 9.92. The maximum atomic E-state index is 13.2. The Balaban J connectivity index is 2.09. The minimum atomic E-state index is -1.19. The van der Waals surface area contributed by atoms with Gasteiger partial charge in [-0.05, 0) is 48.1 Å². The smallest absolute Gasteiger partial charge is 0.329 e. The number of hydrogen-bond donors (Lipinski definition) is 2. The van der Waals surface area contributed by atoms with Gasteiger partial charge in [-0.15, -0.1) is 0 Å². The van der Waals surface area contributed by atoms with E-state index in [0.29, 0.717) is 34.4 Å². The first kappa shape index (κ1) is 16.3. The van der Waals surface area contributed by atoms with Crippen LogP contribution < -0.4 is 5.32 Å². The van der Waals surface area contributed by atoms with Gasteiger partial charge in [-0.25, -0.2) is 9.18 Å². The number of carboxylic acids is 1. The second kappa shape index (κ2) is 6.79. The second-order valence-electron chi connectivity index (χ2n) is 4.96. The molecule has 1 saturated heterocycles. The minimum absolute atomic E-state index is 0.0550. The van der Waals surface area contributed by atoms with Gasteiger partial charge in [-0.2, -0.15) is 11.8 Å². The summed E-state index contributed by atoms with van der Waals surface area (Å²) in [5, 5.41) is 12.0. The number of nitrogens with one attached hydrogen (secondary N) is 1. The number of hydrogen-bond acceptors (Lipinski definition) is 3. The SMILES string of the molecule is O=C(Cc1cc(F)ccc1Br)NC1(C(=O)O)CCSCC1. The molecule has 2 rings (SSSR count). The molecule has 0 aliphatic carbocycles. The van der Waals surface area contributed by atoms with E-state index in [0.717, 1.165) is 0 Å². The molecule has 1 heterocycles. The van der Waals surface area contributed by atoms with Crippen molar-refractivity contribution in [2.24, 2.45) is 0 Å². The van der Waals surface area contributed by atoms with E-state index in [4.69, 9.17) is 0 Å². The van der Waals surface area contributed by atoms with Gasteiger partial charge in [0, 0.05) is 4.47 Å². The lowest BCUT2D eigenvalue weighted by molar-refractivity contribution is -0.148. The highest BCUT2D eigenvalue weighted by Crippen LogP contribution is 2.28. The number of thioether (sulfide) groups is 1. The third-order valence-corrected chi connectivity index (χ3v) is 5.25. The van der Waals surface area contributed by atoms with E-state index in [-0.39, 0.29) is 6.42 Å². The predicted octanol–water partition coefficient (Wildman–Crippen LogP) is 2.60. The van der Waals surface area contributed by atoms with Gasteiger partial charge in [-0.3, -0.25) is 4.79 Å². The summed E-state index contributed by atoms with van der Waals surface area (Å²) in [7, 11) is 0. The van der Waals surface area contributed by atoms with Crippen molar-refractivity contribution in [2.45, 2.75) is 24.8 Å². The Bertz CT molecular complexity index is 561. The molecule has 114 valence electrons. The van der Waals surface area contributed by atoms with Gasteiger partial charge in [-0.1, -0.05) is 15.9 Å². The molecule has 2 N–H and O–H groups in total. The van der Waals surface area contributed by atoms with Crippen LogP contribution in [0.3, 0.4) is 0 Å². The minimum Gasteiger partial charge on any atom is -0.480 e. The van der Waals surface area contributed by atoms with Crippen LogP contribution in [0.15, 0.2) is 22.7 Å². The van der Waals surface area contributed by atoms with E-state index in [1.165, 1.54) is 18.2 Å². The molecular weight excluding hydrogens is 361 g/mol. The van der Waals surface area contributed by atoms with Crippen molar-refractivity contribution in [2.75, 3.05) is 11.5 Å². The maximum absolute atomic E-state index is 13.2. The van der Waals surface area contributed by atoms with Gasteiger partial charge >= 0.3 is 5.97 Å². The van der Waals surface area contributed by atoms with Crippen LogP contribution in [0, 0.1) is 5.82 Å². The molecular formula is C14H15BrFNO3S. The topological polar surface area (TPSA) is 66.4 Å². The van der Waals surface area contributed by atoms with Gasteiger partial charge in [0.25, 0.3) is 0 Å². The third-order valence-electron chi connectivity index (χ3n) is 3.49. The highest BCUT2D eigenvalue weighted by molar-refractivity contribution is 9.10. The molecule has 1 amide bonds. The average Bonchev–Trinajstić information content (AvgIpc) is 2.43.